The van der Waals surface area contributed by atoms with E-state index in [4.69, 9.17) is 10.5 Å². The van der Waals surface area contributed by atoms with Gasteiger partial charge in [0.1, 0.15) is 17.3 Å². The maximum Gasteiger partial charge on any atom is 0.225 e. The summed E-state index contributed by atoms with van der Waals surface area (Å²) in [4.78, 5) is 27.1. The number of ether oxygens (including phenoxy) is 1. The van der Waals surface area contributed by atoms with Crippen LogP contribution in [-0.2, 0) is 11.2 Å². The molecule has 1 saturated carbocycles. The van der Waals surface area contributed by atoms with Crippen LogP contribution in [0.1, 0.15) is 61.8 Å². The summed E-state index contributed by atoms with van der Waals surface area (Å²) < 4.78 is 6.35. The molecule has 0 bridgehead atoms. The fourth-order valence-corrected chi connectivity index (χ4v) is 5.58. The Bertz CT molecular complexity index is 855. The summed E-state index contributed by atoms with van der Waals surface area (Å²) in [5.74, 6) is 1.17. The second-order valence-electron chi connectivity index (χ2n) is 7.51. The molecule has 0 aromatic carbocycles. The van der Waals surface area contributed by atoms with Gasteiger partial charge in [-0.05, 0) is 62.8 Å². The quantitative estimate of drug-likeness (QED) is 0.768. The number of amides is 1. The van der Waals surface area contributed by atoms with Crippen LogP contribution in [0.5, 0.6) is 5.88 Å². The highest BCUT2D eigenvalue weighted by Gasteiger charge is 2.32. The predicted molar refractivity (Wildman–Crippen MR) is 108 cm³/mol. The third kappa shape index (κ3) is 3.83. The fourth-order valence-electron chi connectivity index (χ4n) is 4.34. The van der Waals surface area contributed by atoms with Crippen molar-refractivity contribution in [3.05, 3.63) is 16.8 Å². The summed E-state index contributed by atoms with van der Waals surface area (Å²) in [5.41, 5.74) is 6.67. The van der Waals surface area contributed by atoms with Gasteiger partial charge in [0.25, 0.3) is 0 Å². The number of fused-ring (bicyclic) bond motifs is 3. The van der Waals surface area contributed by atoms with Gasteiger partial charge in [0.05, 0.1) is 5.39 Å². The predicted octanol–water partition coefficient (Wildman–Crippen LogP) is 3.62. The summed E-state index contributed by atoms with van der Waals surface area (Å²) in [7, 11) is 0. The van der Waals surface area contributed by atoms with Crippen LogP contribution in [0.15, 0.2) is 11.3 Å². The fraction of sp³-hybridized carbons (Fsp3) is 0.600. The van der Waals surface area contributed by atoms with E-state index in [1.54, 1.807) is 17.7 Å². The minimum Gasteiger partial charge on any atom is -0.474 e. The van der Waals surface area contributed by atoms with Crippen molar-refractivity contribution in [2.24, 2.45) is 16.6 Å². The molecule has 1 fully saturated rings. The lowest BCUT2D eigenvalue weighted by Crippen LogP contribution is -2.25. The molecule has 2 N–H and O–H groups in total. The van der Waals surface area contributed by atoms with Crippen LogP contribution < -0.4 is 10.5 Å². The topological polar surface area (TPSA) is 90.5 Å². The lowest BCUT2D eigenvalue weighted by molar-refractivity contribution is -0.118. The van der Waals surface area contributed by atoms with E-state index in [2.05, 4.69) is 28.1 Å². The van der Waals surface area contributed by atoms with Gasteiger partial charge in [-0.25, -0.2) is 9.97 Å². The van der Waals surface area contributed by atoms with Gasteiger partial charge in [-0.15, -0.1) is 11.3 Å². The molecule has 2 aromatic heterocycles. The zero-order valence-corrected chi connectivity index (χ0v) is 16.5. The Labute approximate surface area is 163 Å². The van der Waals surface area contributed by atoms with Crippen molar-refractivity contribution in [2.75, 3.05) is 6.54 Å². The first-order valence-electron chi connectivity index (χ1n) is 9.86. The molecule has 2 aromatic rings. The number of aromatic nitrogens is 2. The maximum absolute atomic E-state index is 11.5. The number of hydrogen-bond donors (Lipinski definition) is 1. The summed E-state index contributed by atoms with van der Waals surface area (Å²) in [6, 6.07) is 0. The Morgan fingerprint density at radius 1 is 1.33 bits per heavy atom. The molecule has 0 radical (unpaired) electrons. The lowest BCUT2D eigenvalue weighted by Gasteiger charge is -2.27. The summed E-state index contributed by atoms with van der Waals surface area (Å²) in [6.45, 7) is 2.92. The van der Waals surface area contributed by atoms with Crippen LogP contribution >= 0.6 is 11.3 Å². The molecule has 0 aliphatic heterocycles. The first kappa shape index (κ1) is 18.3. The van der Waals surface area contributed by atoms with Gasteiger partial charge in [0, 0.05) is 24.1 Å². The van der Waals surface area contributed by atoms with Crippen molar-refractivity contribution in [2.45, 2.75) is 63.9 Å². The lowest BCUT2D eigenvalue weighted by atomic mass is 9.88. The van der Waals surface area contributed by atoms with Gasteiger partial charge in [-0.2, -0.15) is 0 Å². The number of carbonyl (C=O) groups excluding carboxylic acids is 1. The summed E-state index contributed by atoms with van der Waals surface area (Å²) >= 11 is 1.70. The van der Waals surface area contributed by atoms with Crippen LogP contribution in [0.4, 0.5) is 0 Å². The molecule has 1 atom stereocenters. The zero-order valence-electron chi connectivity index (χ0n) is 15.7. The summed E-state index contributed by atoms with van der Waals surface area (Å²) in [5, 5.41) is 1.01. The molecule has 2 heterocycles. The van der Waals surface area contributed by atoms with Crippen molar-refractivity contribution < 1.29 is 9.53 Å². The minimum absolute atomic E-state index is 0.167. The van der Waals surface area contributed by atoms with E-state index in [9.17, 15) is 4.79 Å². The number of hydrogen-bond acceptors (Lipinski definition) is 6. The largest absolute Gasteiger partial charge is 0.474 e. The molecule has 4 rings (SSSR count). The van der Waals surface area contributed by atoms with E-state index in [-0.39, 0.29) is 17.9 Å². The normalized spacial score (nSPS) is 25.1. The molecule has 1 amide bonds. The molecule has 2 aliphatic rings. The standard InChI is InChI=1S/C20H26N4O2S/c1-2-22-10-12-3-6-14(7-4-12)26-19-18-17-13(9-16(21)25)5-8-15(17)27-20(18)24-11-23-19/h10-14H,2-9H2,1H3,(H2,21,25). The molecule has 2 aliphatic carbocycles. The number of nitrogens with two attached hydrogens (primary N) is 1. The second-order valence-corrected chi connectivity index (χ2v) is 8.59. The maximum atomic E-state index is 11.5. The van der Waals surface area contributed by atoms with E-state index in [0.29, 0.717) is 18.2 Å². The molecule has 1 unspecified atom stereocenters. The van der Waals surface area contributed by atoms with Gasteiger partial charge < -0.3 is 10.5 Å². The van der Waals surface area contributed by atoms with E-state index in [1.807, 2.05) is 0 Å². The highest BCUT2D eigenvalue weighted by molar-refractivity contribution is 7.19. The Morgan fingerprint density at radius 2 is 2.15 bits per heavy atom. The van der Waals surface area contributed by atoms with E-state index >= 15 is 0 Å². The van der Waals surface area contributed by atoms with Crippen molar-refractivity contribution in [3.63, 3.8) is 0 Å². The number of carbonyl (C=O) groups is 1. The molecular formula is C20H26N4O2S. The Balaban J connectivity index is 1.55. The van der Waals surface area contributed by atoms with Crippen LogP contribution in [0, 0.1) is 5.92 Å². The van der Waals surface area contributed by atoms with Crippen LogP contribution in [-0.4, -0.2) is 34.7 Å². The Morgan fingerprint density at radius 3 is 2.89 bits per heavy atom. The van der Waals surface area contributed by atoms with Crippen molar-refractivity contribution in [1.29, 1.82) is 0 Å². The smallest absolute Gasteiger partial charge is 0.225 e. The first-order valence-corrected chi connectivity index (χ1v) is 10.7. The van der Waals surface area contributed by atoms with E-state index in [1.165, 1.54) is 10.4 Å². The molecule has 0 spiro atoms. The third-order valence-electron chi connectivity index (χ3n) is 5.64. The SMILES string of the molecule is CCN=CC1CCC(Oc2ncnc3sc4c(c23)C(CC(N)=O)CC4)CC1. The Hall–Kier alpha value is -2.02. The van der Waals surface area contributed by atoms with Crippen LogP contribution in [0.25, 0.3) is 10.2 Å². The number of aryl methyl sites for hydroxylation is 1. The van der Waals surface area contributed by atoms with Crippen LogP contribution in [0.3, 0.4) is 0 Å². The number of aliphatic imine (C=N–C) groups is 1. The minimum atomic E-state index is -0.251. The molecule has 27 heavy (non-hydrogen) atoms. The van der Waals surface area contributed by atoms with Gasteiger partial charge in [0.2, 0.25) is 11.8 Å². The van der Waals surface area contributed by atoms with Gasteiger partial charge in [0.15, 0.2) is 0 Å². The van der Waals surface area contributed by atoms with E-state index in [0.717, 1.165) is 55.3 Å². The summed E-state index contributed by atoms with van der Waals surface area (Å²) in [6.07, 6.45) is 10.5. The highest BCUT2D eigenvalue weighted by atomic mass is 32.1. The zero-order chi connectivity index (χ0) is 18.8. The molecule has 6 nitrogen and oxygen atoms in total. The molecule has 0 saturated heterocycles. The monoisotopic (exact) mass is 386 g/mol. The van der Waals surface area contributed by atoms with Crippen molar-refractivity contribution in [1.82, 2.24) is 9.97 Å². The van der Waals surface area contributed by atoms with Gasteiger partial charge >= 0.3 is 0 Å². The highest BCUT2D eigenvalue weighted by Crippen LogP contribution is 2.47. The van der Waals surface area contributed by atoms with Crippen molar-refractivity contribution in [3.8, 4) is 5.88 Å². The molecular weight excluding hydrogens is 360 g/mol. The molecule has 144 valence electrons. The molecule has 7 heteroatoms. The van der Waals surface area contributed by atoms with Crippen LogP contribution in [0.2, 0.25) is 0 Å². The van der Waals surface area contributed by atoms with Gasteiger partial charge in [-0.1, -0.05) is 0 Å². The Kier molecular flexibility index (Phi) is 5.38. The number of nitrogens with zero attached hydrogens (tertiary/aromatic N) is 3. The van der Waals surface area contributed by atoms with E-state index < -0.39 is 0 Å². The second kappa shape index (κ2) is 7.92. The van der Waals surface area contributed by atoms with Crippen molar-refractivity contribution >= 4 is 33.7 Å². The first-order chi connectivity index (χ1) is 13.2. The van der Waals surface area contributed by atoms with Gasteiger partial charge in [-0.3, -0.25) is 9.79 Å². The number of thiophene rings is 1. The third-order valence-corrected chi connectivity index (χ3v) is 6.81. The average Bonchev–Trinajstić information content (AvgIpc) is 3.21. The average molecular weight is 387 g/mol. The number of primary amides is 1. The number of rotatable bonds is 6.